The lowest BCUT2D eigenvalue weighted by Gasteiger charge is -2.37. The van der Waals surface area contributed by atoms with E-state index in [4.69, 9.17) is 16.3 Å². The van der Waals surface area contributed by atoms with E-state index in [1.807, 2.05) is 31.2 Å². The van der Waals surface area contributed by atoms with Crippen LogP contribution in [0.3, 0.4) is 0 Å². The molecule has 0 saturated heterocycles. The molecule has 1 fully saturated rings. The second-order valence-electron chi connectivity index (χ2n) is 5.53. The molecule has 21 heavy (non-hydrogen) atoms. The van der Waals surface area contributed by atoms with Gasteiger partial charge < -0.3 is 10.1 Å². The van der Waals surface area contributed by atoms with Crippen LogP contribution in [-0.2, 0) is 0 Å². The second-order valence-corrected chi connectivity index (χ2v) is 5.96. The third-order valence-corrected chi connectivity index (χ3v) is 4.21. The normalized spacial score (nSPS) is 20.7. The first-order valence-corrected chi connectivity index (χ1v) is 7.87. The van der Waals surface area contributed by atoms with Crippen molar-refractivity contribution in [1.29, 1.82) is 0 Å². The molecule has 0 unspecified atom stereocenters. The van der Waals surface area contributed by atoms with E-state index in [-0.39, 0.29) is 0 Å². The van der Waals surface area contributed by atoms with Crippen LogP contribution in [0.2, 0.25) is 5.02 Å². The summed E-state index contributed by atoms with van der Waals surface area (Å²) in [5.74, 6) is 1.55. The number of hydrogen-bond acceptors (Lipinski definition) is 2. The van der Waals surface area contributed by atoms with E-state index in [1.165, 1.54) is 5.56 Å². The lowest BCUT2D eigenvalue weighted by molar-refractivity contribution is 0.340. The Bertz CT molecular complexity index is 608. The van der Waals surface area contributed by atoms with Gasteiger partial charge in [-0.1, -0.05) is 29.8 Å². The molecule has 3 rings (SSSR count). The summed E-state index contributed by atoms with van der Waals surface area (Å²) in [6.07, 6.45) is 2.30. The van der Waals surface area contributed by atoms with Crippen LogP contribution in [0.4, 0.5) is 5.69 Å². The van der Waals surface area contributed by atoms with Gasteiger partial charge in [-0.3, -0.25) is 0 Å². The number of ether oxygens (including phenoxy) is 1. The fourth-order valence-corrected chi connectivity index (χ4v) is 3.05. The van der Waals surface area contributed by atoms with Gasteiger partial charge in [0.15, 0.2) is 0 Å². The maximum Gasteiger partial charge on any atom is 0.121 e. The molecule has 0 aliphatic heterocycles. The van der Waals surface area contributed by atoms with Crippen molar-refractivity contribution in [2.24, 2.45) is 0 Å². The Labute approximate surface area is 131 Å². The van der Waals surface area contributed by atoms with Crippen molar-refractivity contribution in [2.75, 3.05) is 11.9 Å². The fraction of sp³-hybridized carbons (Fsp3) is 0.333. The fourth-order valence-electron chi connectivity index (χ4n) is 2.85. The molecule has 0 radical (unpaired) electrons. The SMILES string of the molecule is CCOc1cccc(NC2CC(c3cccc(Cl)c3)C2)c1. The van der Waals surface area contributed by atoms with E-state index in [1.54, 1.807) is 0 Å². The minimum atomic E-state index is 0.533. The molecule has 1 N–H and O–H groups in total. The predicted molar refractivity (Wildman–Crippen MR) is 88.4 cm³/mol. The largest absolute Gasteiger partial charge is 0.494 e. The standard InChI is InChI=1S/C18H20ClNO/c1-2-21-18-8-4-7-16(12-18)20-17-10-14(11-17)13-5-3-6-15(19)9-13/h3-9,12,14,17,20H,2,10-11H2,1H3. The van der Waals surface area contributed by atoms with Crippen molar-refractivity contribution in [2.45, 2.75) is 31.7 Å². The quantitative estimate of drug-likeness (QED) is 0.830. The summed E-state index contributed by atoms with van der Waals surface area (Å²) in [6.45, 7) is 2.70. The average molecular weight is 302 g/mol. The maximum atomic E-state index is 6.05. The molecule has 1 saturated carbocycles. The Hall–Kier alpha value is -1.67. The van der Waals surface area contributed by atoms with Crippen molar-refractivity contribution < 1.29 is 4.74 Å². The first-order chi connectivity index (χ1) is 10.2. The molecule has 1 aliphatic rings. The number of hydrogen-bond donors (Lipinski definition) is 1. The number of nitrogens with one attached hydrogen (secondary N) is 1. The van der Waals surface area contributed by atoms with Gasteiger partial charge in [0, 0.05) is 22.8 Å². The first-order valence-electron chi connectivity index (χ1n) is 7.49. The molecule has 0 amide bonds. The third kappa shape index (κ3) is 3.51. The maximum absolute atomic E-state index is 6.05. The van der Waals surface area contributed by atoms with Gasteiger partial charge in [0.2, 0.25) is 0 Å². The summed E-state index contributed by atoms with van der Waals surface area (Å²) in [6, 6.07) is 16.9. The van der Waals surface area contributed by atoms with Crippen LogP contribution in [0.5, 0.6) is 5.75 Å². The molecular weight excluding hydrogens is 282 g/mol. The van der Waals surface area contributed by atoms with Crippen LogP contribution in [0.1, 0.15) is 31.2 Å². The summed E-state index contributed by atoms with van der Waals surface area (Å²) in [5.41, 5.74) is 2.49. The monoisotopic (exact) mass is 301 g/mol. The van der Waals surface area contributed by atoms with E-state index < -0.39 is 0 Å². The van der Waals surface area contributed by atoms with Crippen molar-refractivity contribution in [1.82, 2.24) is 0 Å². The van der Waals surface area contributed by atoms with Crippen molar-refractivity contribution in [3.63, 3.8) is 0 Å². The Kier molecular flexibility index (Phi) is 4.35. The number of anilines is 1. The summed E-state index contributed by atoms with van der Waals surface area (Å²) < 4.78 is 5.53. The summed E-state index contributed by atoms with van der Waals surface area (Å²) >= 11 is 6.05. The number of rotatable bonds is 5. The minimum Gasteiger partial charge on any atom is -0.494 e. The molecule has 110 valence electrons. The van der Waals surface area contributed by atoms with Crippen LogP contribution in [0.25, 0.3) is 0 Å². The van der Waals surface area contributed by atoms with Crippen molar-refractivity contribution in [3.05, 3.63) is 59.1 Å². The highest BCUT2D eigenvalue weighted by Gasteiger charge is 2.30. The zero-order chi connectivity index (χ0) is 14.7. The molecule has 0 heterocycles. The topological polar surface area (TPSA) is 21.3 Å². The minimum absolute atomic E-state index is 0.533. The van der Waals surface area contributed by atoms with Gasteiger partial charge in [-0.15, -0.1) is 0 Å². The van der Waals surface area contributed by atoms with E-state index in [0.29, 0.717) is 18.6 Å². The van der Waals surface area contributed by atoms with Gasteiger partial charge in [0.25, 0.3) is 0 Å². The third-order valence-electron chi connectivity index (χ3n) is 3.97. The van der Waals surface area contributed by atoms with Gasteiger partial charge in [0.05, 0.1) is 6.61 Å². The van der Waals surface area contributed by atoms with E-state index in [9.17, 15) is 0 Å². The molecule has 1 aliphatic carbocycles. The smallest absolute Gasteiger partial charge is 0.121 e. The van der Waals surface area contributed by atoms with Gasteiger partial charge in [0.1, 0.15) is 5.75 Å². The molecule has 2 aromatic carbocycles. The van der Waals surface area contributed by atoms with Crippen LogP contribution in [0.15, 0.2) is 48.5 Å². The van der Waals surface area contributed by atoms with Crippen LogP contribution in [-0.4, -0.2) is 12.6 Å². The van der Waals surface area contributed by atoms with Crippen molar-refractivity contribution >= 4 is 17.3 Å². The Balaban J connectivity index is 1.56. The van der Waals surface area contributed by atoms with Gasteiger partial charge in [-0.25, -0.2) is 0 Å². The van der Waals surface area contributed by atoms with Crippen LogP contribution in [0, 0.1) is 0 Å². The van der Waals surface area contributed by atoms with Gasteiger partial charge >= 0.3 is 0 Å². The highest BCUT2D eigenvalue weighted by Crippen LogP contribution is 2.39. The predicted octanol–water partition coefficient (Wildman–Crippen LogP) is 5.10. The Morgan fingerprint density at radius 1 is 1.14 bits per heavy atom. The van der Waals surface area contributed by atoms with Gasteiger partial charge in [-0.2, -0.15) is 0 Å². The summed E-state index contributed by atoms with van der Waals surface area (Å²) in [5, 5.41) is 4.41. The summed E-state index contributed by atoms with van der Waals surface area (Å²) in [4.78, 5) is 0. The molecule has 2 aromatic rings. The molecule has 0 atom stereocenters. The molecule has 0 aromatic heterocycles. The van der Waals surface area contributed by atoms with E-state index in [0.717, 1.165) is 29.3 Å². The Morgan fingerprint density at radius 3 is 2.71 bits per heavy atom. The highest BCUT2D eigenvalue weighted by atomic mass is 35.5. The van der Waals surface area contributed by atoms with Crippen LogP contribution >= 0.6 is 11.6 Å². The Morgan fingerprint density at radius 2 is 1.95 bits per heavy atom. The number of halogens is 1. The highest BCUT2D eigenvalue weighted by molar-refractivity contribution is 6.30. The molecule has 0 bridgehead atoms. The summed E-state index contributed by atoms with van der Waals surface area (Å²) in [7, 11) is 0. The van der Waals surface area contributed by atoms with E-state index in [2.05, 4.69) is 29.6 Å². The van der Waals surface area contributed by atoms with Gasteiger partial charge in [-0.05, 0) is 55.5 Å². The number of benzene rings is 2. The molecular formula is C18H20ClNO. The zero-order valence-corrected chi connectivity index (χ0v) is 12.9. The van der Waals surface area contributed by atoms with Crippen LogP contribution < -0.4 is 10.1 Å². The first kappa shape index (κ1) is 14.3. The lowest BCUT2D eigenvalue weighted by atomic mass is 9.76. The average Bonchev–Trinajstić information content (AvgIpc) is 2.43. The van der Waals surface area contributed by atoms with E-state index >= 15 is 0 Å². The molecule has 2 nitrogen and oxygen atoms in total. The van der Waals surface area contributed by atoms with Crippen molar-refractivity contribution in [3.8, 4) is 5.75 Å². The molecule has 3 heteroatoms. The second kappa shape index (κ2) is 6.40. The molecule has 0 spiro atoms. The zero-order valence-electron chi connectivity index (χ0n) is 12.2. The lowest BCUT2D eigenvalue weighted by Crippen LogP contribution is -2.33.